The lowest BCUT2D eigenvalue weighted by atomic mass is 9.88. The molecule has 3 heteroatoms. The summed E-state index contributed by atoms with van der Waals surface area (Å²) < 4.78 is 0. The fraction of sp³-hybridized carbons (Fsp3) is 0.500. The summed E-state index contributed by atoms with van der Waals surface area (Å²) >= 11 is 0. The number of hydrogen-bond donors (Lipinski definition) is 1. The zero-order valence-corrected chi connectivity index (χ0v) is 8.56. The van der Waals surface area contributed by atoms with Gasteiger partial charge in [-0.05, 0) is 31.2 Å². The molecule has 0 amide bonds. The van der Waals surface area contributed by atoms with Gasteiger partial charge in [-0.3, -0.25) is 9.59 Å². The lowest BCUT2D eigenvalue weighted by Crippen LogP contribution is -2.17. The van der Waals surface area contributed by atoms with E-state index in [0.717, 1.165) is 42.5 Å². The third-order valence-electron chi connectivity index (χ3n) is 3.43. The van der Waals surface area contributed by atoms with Gasteiger partial charge in [-0.2, -0.15) is 0 Å². The molecule has 0 spiro atoms. The van der Waals surface area contributed by atoms with Crippen LogP contribution >= 0.6 is 0 Å². The fourth-order valence-electron chi connectivity index (χ4n) is 2.68. The molecule has 0 saturated carbocycles. The highest BCUT2D eigenvalue weighted by Gasteiger charge is 2.31. The van der Waals surface area contributed by atoms with E-state index in [-0.39, 0.29) is 11.6 Å². The Hall–Kier alpha value is -1.38. The second kappa shape index (κ2) is 3.05. The molecule has 3 nitrogen and oxygen atoms in total. The van der Waals surface area contributed by atoms with Gasteiger partial charge >= 0.3 is 0 Å². The molecule has 1 N–H and O–H groups in total. The van der Waals surface area contributed by atoms with E-state index in [2.05, 4.69) is 4.98 Å². The standard InChI is InChI=1S/C12H13NO2/c14-9-5-6-10(15)12-11(9)7-3-1-2-4-8(7)13-12/h13H,1-6H2. The van der Waals surface area contributed by atoms with Gasteiger partial charge in [0.15, 0.2) is 11.6 Å². The fourth-order valence-corrected chi connectivity index (χ4v) is 2.68. The minimum atomic E-state index is 0.110. The van der Waals surface area contributed by atoms with Crippen molar-refractivity contribution in [2.45, 2.75) is 38.5 Å². The highest BCUT2D eigenvalue weighted by molar-refractivity contribution is 6.14. The molecule has 1 aromatic rings. The Morgan fingerprint density at radius 3 is 2.47 bits per heavy atom. The van der Waals surface area contributed by atoms with Crippen LogP contribution in [0.25, 0.3) is 0 Å². The first kappa shape index (κ1) is 8.89. The summed E-state index contributed by atoms with van der Waals surface area (Å²) in [6.07, 6.45) is 5.03. The molecule has 2 aliphatic rings. The Labute approximate surface area is 87.9 Å². The number of hydrogen-bond acceptors (Lipinski definition) is 2. The zero-order valence-electron chi connectivity index (χ0n) is 8.56. The molecule has 78 valence electrons. The molecule has 0 unspecified atom stereocenters. The van der Waals surface area contributed by atoms with E-state index in [1.54, 1.807) is 0 Å². The molecule has 0 fully saturated rings. The van der Waals surface area contributed by atoms with Crippen LogP contribution in [0.15, 0.2) is 0 Å². The SMILES string of the molecule is O=C1CCC(=O)c2c1[nH]c1c2CCCC1. The third-order valence-corrected chi connectivity index (χ3v) is 3.43. The van der Waals surface area contributed by atoms with Gasteiger partial charge in [0.05, 0.1) is 5.69 Å². The van der Waals surface area contributed by atoms with Gasteiger partial charge in [-0.1, -0.05) is 0 Å². The van der Waals surface area contributed by atoms with E-state index < -0.39 is 0 Å². The quantitative estimate of drug-likeness (QED) is 0.701. The number of aryl methyl sites for hydroxylation is 1. The summed E-state index contributed by atoms with van der Waals surface area (Å²) in [7, 11) is 0. The van der Waals surface area contributed by atoms with E-state index >= 15 is 0 Å². The maximum Gasteiger partial charge on any atom is 0.180 e. The first-order chi connectivity index (χ1) is 7.27. The number of aromatic nitrogens is 1. The Morgan fingerprint density at radius 1 is 0.867 bits per heavy atom. The molecule has 0 saturated heterocycles. The zero-order chi connectivity index (χ0) is 10.4. The van der Waals surface area contributed by atoms with Gasteiger partial charge in [-0.25, -0.2) is 0 Å². The number of H-pyrrole nitrogens is 1. The molecule has 0 radical (unpaired) electrons. The molecule has 3 rings (SSSR count). The minimum Gasteiger partial charge on any atom is -0.355 e. The number of rotatable bonds is 0. The summed E-state index contributed by atoms with van der Waals surface area (Å²) in [5.41, 5.74) is 3.59. The number of nitrogens with one attached hydrogen (secondary N) is 1. The smallest absolute Gasteiger partial charge is 0.180 e. The maximum atomic E-state index is 11.8. The average Bonchev–Trinajstić information content (AvgIpc) is 2.64. The van der Waals surface area contributed by atoms with E-state index in [1.165, 1.54) is 0 Å². The number of ketones is 2. The normalized spacial score (nSPS) is 20.0. The Kier molecular flexibility index (Phi) is 1.81. The van der Waals surface area contributed by atoms with Gasteiger partial charge in [0.2, 0.25) is 0 Å². The number of carbonyl (C=O) groups is 2. The van der Waals surface area contributed by atoms with Gasteiger partial charge in [0.25, 0.3) is 0 Å². The van der Waals surface area contributed by atoms with Crippen LogP contribution < -0.4 is 0 Å². The highest BCUT2D eigenvalue weighted by atomic mass is 16.1. The van der Waals surface area contributed by atoms with Crippen molar-refractivity contribution >= 4 is 11.6 Å². The van der Waals surface area contributed by atoms with Gasteiger partial charge in [-0.15, -0.1) is 0 Å². The summed E-state index contributed by atoms with van der Waals surface area (Å²) in [4.78, 5) is 26.6. The summed E-state index contributed by atoms with van der Waals surface area (Å²) in [6.45, 7) is 0. The van der Waals surface area contributed by atoms with Crippen molar-refractivity contribution in [1.29, 1.82) is 0 Å². The number of carbonyl (C=O) groups excluding carboxylic acids is 2. The van der Waals surface area contributed by atoms with Crippen LogP contribution in [0, 0.1) is 0 Å². The van der Waals surface area contributed by atoms with Crippen molar-refractivity contribution in [2.24, 2.45) is 0 Å². The van der Waals surface area contributed by atoms with E-state index in [9.17, 15) is 9.59 Å². The maximum absolute atomic E-state index is 11.8. The lowest BCUT2D eigenvalue weighted by molar-refractivity contribution is 0.0887. The molecule has 0 aliphatic heterocycles. The van der Waals surface area contributed by atoms with E-state index in [0.29, 0.717) is 18.5 Å². The van der Waals surface area contributed by atoms with Gasteiger partial charge in [0.1, 0.15) is 0 Å². The van der Waals surface area contributed by atoms with Crippen LogP contribution in [0.3, 0.4) is 0 Å². The molecule has 1 heterocycles. The molecule has 0 atom stereocenters. The predicted molar refractivity (Wildman–Crippen MR) is 55.3 cm³/mol. The molecule has 15 heavy (non-hydrogen) atoms. The first-order valence-corrected chi connectivity index (χ1v) is 5.57. The largest absolute Gasteiger partial charge is 0.355 e. The van der Waals surface area contributed by atoms with Crippen molar-refractivity contribution in [3.63, 3.8) is 0 Å². The molecule has 0 aromatic carbocycles. The summed E-state index contributed by atoms with van der Waals surface area (Å²) in [5, 5.41) is 0. The lowest BCUT2D eigenvalue weighted by Gasteiger charge is -2.13. The number of aromatic amines is 1. The highest BCUT2D eigenvalue weighted by Crippen LogP contribution is 2.31. The third kappa shape index (κ3) is 1.19. The van der Waals surface area contributed by atoms with E-state index in [4.69, 9.17) is 0 Å². The van der Waals surface area contributed by atoms with Crippen molar-refractivity contribution in [3.8, 4) is 0 Å². The van der Waals surface area contributed by atoms with Gasteiger partial charge in [0, 0.05) is 24.1 Å². The Bertz CT molecular complexity index is 456. The molecular weight excluding hydrogens is 190 g/mol. The van der Waals surface area contributed by atoms with Crippen LogP contribution in [-0.2, 0) is 12.8 Å². The van der Waals surface area contributed by atoms with Crippen molar-refractivity contribution in [2.75, 3.05) is 0 Å². The van der Waals surface area contributed by atoms with Crippen LogP contribution in [0.2, 0.25) is 0 Å². The summed E-state index contributed by atoms with van der Waals surface area (Å²) in [5.74, 6) is 0.267. The van der Waals surface area contributed by atoms with Crippen LogP contribution in [0.1, 0.15) is 57.8 Å². The first-order valence-electron chi connectivity index (χ1n) is 5.57. The van der Waals surface area contributed by atoms with Crippen molar-refractivity contribution < 1.29 is 9.59 Å². The minimum absolute atomic E-state index is 0.110. The second-order valence-corrected chi connectivity index (χ2v) is 4.39. The molecule has 2 aliphatic carbocycles. The second-order valence-electron chi connectivity index (χ2n) is 4.39. The number of Topliss-reactive ketones (excluding diaryl/α,β-unsaturated/α-hetero) is 2. The molecular formula is C12H13NO2. The molecule has 1 aromatic heterocycles. The molecule has 0 bridgehead atoms. The Morgan fingerprint density at radius 2 is 1.60 bits per heavy atom. The van der Waals surface area contributed by atoms with Crippen molar-refractivity contribution in [1.82, 2.24) is 4.98 Å². The van der Waals surface area contributed by atoms with Crippen LogP contribution in [0.4, 0.5) is 0 Å². The Balaban J connectivity index is 2.22. The van der Waals surface area contributed by atoms with Crippen molar-refractivity contribution in [3.05, 3.63) is 22.5 Å². The average molecular weight is 203 g/mol. The van der Waals surface area contributed by atoms with Crippen LogP contribution in [-0.4, -0.2) is 16.6 Å². The van der Waals surface area contributed by atoms with Gasteiger partial charge < -0.3 is 4.98 Å². The number of fused-ring (bicyclic) bond motifs is 3. The van der Waals surface area contributed by atoms with Crippen LogP contribution in [0.5, 0.6) is 0 Å². The topological polar surface area (TPSA) is 49.9 Å². The van der Waals surface area contributed by atoms with E-state index in [1.807, 2.05) is 0 Å². The predicted octanol–water partition coefficient (Wildman–Crippen LogP) is 2.05. The summed E-state index contributed by atoms with van der Waals surface area (Å²) in [6, 6.07) is 0. The monoisotopic (exact) mass is 203 g/mol.